The molecule has 0 amide bonds. The number of para-hydroxylation sites is 1. The summed E-state index contributed by atoms with van der Waals surface area (Å²) in [5.74, 6) is 1.90. The van der Waals surface area contributed by atoms with Crippen LogP contribution in [0.15, 0.2) is 72.0 Å². The van der Waals surface area contributed by atoms with Gasteiger partial charge in [0.1, 0.15) is 5.82 Å². The summed E-state index contributed by atoms with van der Waals surface area (Å²) in [6, 6.07) is 18.5. The second-order valence-corrected chi connectivity index (χ2v) is 7.69. The van der Waals surface area contributed by atoms with Crippen LogP contribution in [0, 0.1) is 0 Å². The van der Waals surface area contributed by atoms with E-state index in [0.717, 1.165) is 55.2 Å². The molecule has 31 heavy (non-hydrogen) atoms. The van der Waals surface area contributed by atoms with Crippen molar-refractivity contribution in [3.8, 4) is 0 Å². The van der Waals surface area contributed by atoms with E-state index in [2.05, 4.69) is 60.0 Å². The molecule has 2 aromatic carbocycles. The van der Waals surface area contributed by atoms with Gasteiger partial charge in [-0.1, -0.05) is 54.1 Å². The van der Waals surface area contributed by atoms with Gasteiger partial charge in [-0.05, 0) is 17.7 Å². The van der Waals surface area contributed by atoms with Gasteiger partial charge in [0.05, 0.1) is 17.3 Å². The Labute approximate surface area is 206 Å². The third kappa shape index (κ3) is 5.92. The van der Waals surface area contributed by atoms with Gasteiger partial charge < -0.3 is 19.7 Å². The van der Waals surface area contributed by atoms with Crippen molar-refractivity contribution >= 4 is 47.2 Å². The molecule has 1 aromatic heterocycles. The summed E-state index contributed by atoms with van der Waals surface area (Å²) >= 11 is 6.36. The third-order valence-electron chi connectivity index (χ3n) is 5.39. The fourth-order valence-electron chi connectivity index (χ4n) is 3.79. The summed E-state index contributed by atoms with van der Waals surface area (Å²) in [4.78, 5) is 13.6. The zero-order valence-electron chi connectivity index (χ0n) is 17.6. The first-order valence-electron chi connectivity index (χ1n) is 10.2. The number of imidazole rings is 1. The lowest BCUT2D eigenvalue weighted by atomic mass is 10.2. The Kier molecular flexibility index (Phi) is 8.60. The van der Waals surface area contributed by atoms with Gasteiger partial charge in [-0.2, -0.15) is 0 Å². The summed E-state index contributed by atoms with van der Waals surface area (Å²) < 4.78 is 2.17. The van der Waals surface area contributed by atoms with E-state index in [0.29, 0.717) is 6.54 Å². The molecule has 4 rings (SSSR count). The van der Waals surface area contributed by atoms with Crippen LogP contribution in [0.4, 0.5) is 5.69 Å². The number of aromatic nitrogens is 2. The Hall–Kier alpha value is -2.26. The van der Waals surface area contributed by atoms with Crippen LogP contribution in [0.5, 0.6) is 0 Å². The quantitative estimate of drug-likeness (QED) is 0.295. The standard InChI is InChI=1S/C23H27ClN6.HI/c1-25-23(29-15-13-28(14-16-29)21-10-6-5-9-20(21)24)27-17-22-26-11-12-30(22)18-19-7-3-2-4-8-19;/h2-12H,13-18H2,1H3,(H,25,27);1H. The lowest BCUT2D eigenvalue weighted by Crippen LogP contribution is -2.52. The Morgan fingerprint density at radius 3 is 2.45 bits per heavy atom. The van der Waals surface area contributed by atoms with Gasteiger partial charge in [-0.25, -0.2) is 4.98 Å². The minimum absolute atomic E-state index is 0. The molecule has 1 aliphatic rings. The van der Waals surface area contributed by atoms with Gasteiger partial charge in [0, 0.05) is 52.2 Å². The molecular weight excluding hydrogens is 523 g/mol. The van der Waals surface area contributed by atoms with Gasteiger partial charge in [-0.15, -0.1) is 24.0 Å². The van der Waals surface area contributed by atoms with Gasteiger partial charge in [0.25, 0.3) is 0 Å². The molecule has 0 unspecified atom stereocenters. The Balaban J connectivity index is 0.00000272. The van der Waals surface area contributed by atoms with Crippen LogP contribution in [0.1, 0.15) is 11.4 Å². The fraction of sp³-hybridized carbons (Fsp3) is 0.304. The third-order valence-corrected chi connectivity index (χ3v) is 5.71. The smallest absolute Gasteiger partial charge is 0.194 e. The monoisotopic (exact) mass is 550 g/mol. The topological polar surface area (TPSA) is 48.7 Å². The molecule has 0 aliphatic carbocycles. The maximum Gasteiger partial charge on any atom is 0.194 e. The largest absolute Gasteiger partial charge is 0.367 e. The second kappa shape index (κ2) is 11.4. The summed E-state index contributed by atoms with van der Waals surface area (Å²) in [7, 11) is 1.83. The van der Waals surface area contributed by atoms with Crippen LogP contribution in [0.25, 0.3) is 0 Å². The first-order chi connectivity index (χ1) is 14.7. The first-order valence-corrected chi connectivity index (χ1v) is 10.6. The second-order valence-electron chi connectivity index (χ2n) is 7.28. The number of nitrogens with zero attached hydrogens (tertiary/aromatic N) is 5. The molecule has 1 saturated heterocycles. The molecule has 0 radical (unpaired) electrons. The summed E-state index contributed by atoms with van der Waals surface area (Å²) in [6.45, 7) is 5.05. The molecule has 8 heteroatoms. The zero-order valence-corrected chi connectivity index (χ0v) is 20.7. The minimum atomic E-state index is 0. The highest BCUT2D eigenvalue weighted by atomic mass is 127. The average molecular weight is 551 g/mol. The van der Waals surface area contributed by atoms with E-state index in [1.54, 1.807) is 0 Å². The number of hydrogen-bond donors (Lipinski definition) is 1. The summed E-state index contributed by atoms with van der Waals surface area (Å²) in [6.07, 6.45) is 3.88. The fourth-order valence-corrected chi connectivity index (χ4v) is 4.04. The maximum absolute atomic E-state index is 6.36. The van der Waals surface area contributed by atoms with E-state index in [-0.39, 0.29) is 24.0 Å². The van der Waals surface area contributed by atoms with Crippen LogP contribution >= 0.6 is 35.6 Å². The van der Waals surface area contributed by atoms with Gasteiger partial charge >= 0.3 is 0 Å². The van der Waals surface area contributed by atoms with Crippen molar-refractivity contribution in [3.05, 3.63) is 83.4 Å². The van der Waals surface area contributed by atoms with Crippen LogP contribution < -0.4 is 10.2 Å². The van der Waals surface area contributed by atoms with Gasteiger partial charge in [-0.3, -0.25) is 4.99 Å². The predicted molar refractivity (Wildman–Crippen MR) is 139 cm³/mol. The number of piperazine rings is 1. The number of benzene rings is 2. The molecule has 0 atom stereocenters. The molecule has 2 heterocycles. The highest BCUT2D eigenvalue weighted by Crippen LogP contribution is 2.26. The Morgan fingerprint density at radius 1 is 1.03 bits per heavy atom. The van der Waals surface area contributed by atoms with E-state index in [4.69, 9.17) is 11.6 Å². The van der Waals surface area contributed by atoms with Crippen LogP contribution in [-0.2, 0) is 13.1 Å². The molecule has 0 spiro atoms. The molecular formula is C23H28ClIN6. The van der Waals surface area contributed by atoms with Crippen LogP contribution in [-0.4, -0.2) is 53.6 Å². The summed E-state index contributed by atoms with van der Waals surface area (Å²) in [5.41, 5.74) is 2.36. The molecule has 3 aromatic rings. The Morgan fingerprint density at radius 2 is 1.74 bits per heavy atom. The van der Waals surface area contributed by atoms with Crippen molar-refractivity contribution in [1.82, 2.24) is 19.8 Å². The predicted octanol–water partition coefficient (Wildman–Crippen LogP) is 4.10. The number of guanidine groups is 1. The SMILES string of the molecule is CN=C(NCc1nccn1Cc1ccccc1)N1CCN(c2ccccc2Cl)CC1.I. The van der Waals surface area contributed by atoms with Crippen molar-refractivity contribution < 1.29 is 0 Å². The highest BCUT2D eigenvalue weighted by Gasteiger charge is 2.21. The number of anilines is 1. The van der Waals surface area contributed by atoms with Crippen LogP contribution in [0.2, 0.25) is 5.02 Å². The first kappa shape index (κ1) is 23.4. The maximum atomic E-state index is 6.36. The van der Waals surface area contributed by atoms with Crippen molar-refractivity contribution in [2.24, 2.45) is 4.99 Å². The normalized spacial score (nSPS) is 14.3. The average Bonchev–Trinajstić information content (AvgIpc) is 3.22. The van der Waals surface area contributed by atoms with Gasteiger partial charge in [0.15, 0.2) is 5.96 Å². The van der Waals surface area contributed by atoms with Crippen molar-refractivity contribution in [3.63, 3.8) is 0 Å². The lowest BCUT2D eigenvalue weighted by Gasteiger charge is -2.38. The van der Waals surface area contributed by atoms with Gasteiger partial charge in [0.2, 0.25) is 0 Å². The molecule has 0 saturated carbocycles. The van der Waals surface area contributed by atoms with E-state index < -0.39 is 0 Å². The molecule has 164 valence electrons. The molecule has 1 aliphatic heterocycles. The number of halogens is 2. The number of hydrogen-bond acceptors (Lipinski definition) is 3. The van der Waals surface area contributed by atoms with E-state index in [1.807, 2.05) is 43.7 Å². The summed E-state index contributed by atoms with van der Waals surface area (Å²) in [5, 5.41) is 4.29. The number of aliphatic imine (C=N–C) groups is 1. The number of nitrogens with one attached hydrogen (secondary N) is 1. The van der Waals surface area contributed by atoms with E-state index >= 15 is 0 Å². The van der Waals surface area contributed by atoms with Crippen molar-refractivity contribution in [1.29, 1.82) is 0 Å². The highest BCUT2D eigenvalue weighted by molar-refractivity contribution is 14.0. The molecule has 1 fully saturated rings. The molecule has 1 N–H and O–H groups in total. The van der Waals surface area contributed by atoms with E-state index in [9.17, 15) is 0 Å². The van der Waals surface area contributed by atoms with Crippen molar-refractivity contribution in [2.45, 2.75) is 13.1 Å². The number of rotatable bonds is 5. The lowest BCUT2D eigenvalue weighted by molar-refractivity contribution is 0.371. The molecule has 0 bridgehead atoms. The minimum Gasteiger partial charge on any atom is -0.367 e. The van der Waals surface area contributed by atoms with E-state index in [1.165, 1.54) is 5.56 Å². The zero-order chi connectivity index (χ0) is 20.8. The van der Waals surface area contributed by atoms with Crippen LogP contribution in [0.3, 0.4) is 0 Å². The Bertz CT molecular complexity index is 982. The van der Waals surface area contributed by atoms with Crippen molar-refractivity contribution in [2.75, 3.05) is 38.1 Å². The molecule has 6 nitrogen and oxygen atoms in total.